The lowest BCUT2D eigenvalue weighted by atomic mass is 10.0. The van der Waals surface area contributed by atoms with Crippen LogP contribution in [0.4, 0.5) is 0 Å². The number of unbranched alkanes of at least 4 members (excludes halogenated alkanes) is 33. The van der Waals surface area contributed by atoms with Crippen molar-refractivity contribution in [2.24, 2.45) is 0 Å². The molecule has 1 N–H and O–H groups in total. The zero-order valence-electron chi connectivity index (χ0n) is 38.8. The first-order valence-electron chi connectivity index (χ1n) is 25.5. The number of allylic oxidation sites excluding steroid dienone is 6. The van der Waals surface area contributed by atoms with Gasteiger partial charge in [0.15, 0.2) is 6.10 Å². The maximum absolute atomic E-state index is 12.2. The number of carbonyl (C=O) groups is 2. The van der Waals surface area contributed by atoms with Crippen molar-refractivity contribution in [1.82, 2.24) is 0 Å². The summed E-state index contributed by atoms with van der Waals surface area (Å²) in [6.07, 6.45) is 62.5. The van der Waals surface area contributed by atoms with Crippen LogP contribution in [0, 0.1) is 0 Å². The molecule has 58 heavy (non-hydrogen) atoms. The Morgan fingerprint density at radius 2 is 0.690 bits per heavy atom. The molecule has 0 aliphatic heterocycles. The van der Waals surface area contributed by atoms with Crippen LogP contribution in [0.1, 0.15) is 271 Å². The van der Waals surface area contributed by atoms with E-state index in [1.807, 2.05) is 0 Å². The molecular formula is C53H98O5. The molecule has 0 rings (SSSR count). The van der Waals surface area contributed by atoms with Gasteiger partial charge in [0.05, 0.1) is 6.61 Å². The summed E-state index contributed by atoms with van der Waals surface area (Å²) in [5.41, 5.74) is 0. The summed E-state index contributed by atoms with van der Waals surface area (Å²) in [6, 6.07) is 0. The third-order valence-electron chi connectivity index (χ3n) is 11.4. The van der Waals surface area contributed by atoms with Crippen molar-refractivity contribution < 1.29 is 24.2 Å². The lowest BCUT2D eigenvalue weighted by molar-refractivity contribution is -0.161. The summed E-state index contributed by atoms with van der Waals surface area (Å²) >= 11 is 0. The summed E-state index contributed by atoms with van der Waals surface area (Å²) in [5, 5.41) is 9.60. The minimum Gasteiger partial charge on any atom is -0.462 e. The van der Waals surface area contributed by atoms with Crippen molar-refractivity contribution in [3.63, 3.8) is 0 Å². The van der Waals surface area contributed by atoms with Gasteiger partial charge >= 0.3 is 11.9 Å². The number of ether oxygens (including phenoxy) is 2. The molecule has 0 aliphatic carbocycles. The number of hydrogen-bond donors (Lipinski definition) is 1. The van der Waals surface area contributed by atoms with Crippen LogP contribution < -0.4 is 0 Å². The molecule has 0 amide bonds. The molecule has 0 heterocycles. The van der Waals surface area contributed by atoms with Gasteiger partial charge in [0.1, 0.15) is 6.61 Å². The van der Waals surface area contributed by atoms with Gasteiger partial charge in [0.2, 0.25) is 0 Å². The van der Waals surface area contributed by atoms with E-state index >= 15 is 0 Å². The van der Waals surface area contributed by atoms with Crippen LogP contribution >= 0.6 is 0 Å². The Labute approximate surface area is 361 Å². The Morgan fingerprint density at radius 3 is 1.07 bits per heavy atom. The minimum atomic E-state index is -0.777. The largest absolute Gasteiger partial charge is 0.462 e. The van der Waals surface area contributed by atoms with E-state index in [9.17, 15) is 14.7 Å². The molecule has 1 unspecified atom stereocenters. The first kappa shape index (κ1) is 56.1. The maximum atomic E-state index is 12.2. The van der Waals surface area contributed by atoms with Crippen LogP contribution in [0.3, 0.4) is 0 Å². The Hall–Kier alpha value is -1.88. The Kier molecular flexibility index (Phi) is 47.9. The molecule has 0 aliphatic rings. The topological polar surface area (TPSA) is 72.8 Å². The van der Waals surface area contributed by atoms with Crippen molar-refractivity contribution in [2.45, 2.75) is 277 Å². The van der Waals surface area contributed by atoms with Gasteiger partial charge < -0.3 is 14.6 Å². The Morgan fingerprint density at radius 1 is 0.397 bits per heavy atom. The van der Waals surface area contributed by atoms with Crippen molar-refractivity contribution in [2.75, 3.05) is 13.2 Å². The quantitative estimate of drug-likeness (QED) is 0.0376. The third kappa shape index (κ3) is 46.8. The van der Waals surface area contributed by atoms with Gasteiger partial charge in [-0.1, -0.05) is 224 Å². The number of esters is 2. The van der Waals surface area contributed by atoms with Crippen molar-refractivity contribution >= 4 is 11.9 Å². The number of aliphatic hydroxyl groups is 1. The molecule has 0 saturated carbocycles. The molecule has 0 radical (unpaired) electrons. The highest BCUT2D eigenvalue weighted by Gasteiger charge is 2.16. The van der Waals surface area contributed by atoms with Crippen molar-refractivity contribution in [1.29, 1.82) is 0 Å². The van der Waals surface area contributed by atoms with E-state index in [0.29, 0.717) is 12.8 Å². The second-order valence-corrected chi connectivity index (χ2v) is 17.2. The molecule has 0 aromatic rings. The normalized spacial score (nSPS) is 12.4. The fourth-order valence-electron chi connectivity index (χ4n) is 7.52. The molecule has 340 valence electrons. The number of hydrogen-bond acceptors (Lipinski definition) is 5. The molecule has 0 spiro atoms. The van der Waals surface area contributed by atoms with Crippen LogP contribution in [-0.4, -0.2) is 36.4 Å². The molecule has 0 aromatic heterocycles. The van der Waals surface area contributed by atoms with Gasteiger partial charge in [-0.3, -0.25) is 9.59 Å². The molecule has 0 fully saturated rings. The highest BCUT2D eigenvalue weighted by Crippen LogP contribution is 2.16. The molecule has 0 saturated heterocycles. The fourth-order valence-corrected chi connectivity index (χ4v) is 7.52. The van der Waals surface area contributed by atoms with Gasteiger partial charge in [-0.25, -0.2) is 0 Å². The lowest BCUT2D eigenvalue weighted by Crippen LogP contribution is -2.28. The van der Waals surface area contributed by atoms with Crippen LogP contribution in [0.2, 0.25) is 0 Å². The Bertz CT molecular complexity index is 924. The summed E-state index contributed by atoms with van der Waals surface area (Å²) in [5.74, 6) is -0.596. The summed E-state index contributed by atoms with van der Waals surface area (Å²) in [7, 11) is 0. The van der Waals surface area contributed by atoms with E-state index in [2.05, 4.69) is 50.3 Å². The molecule has 0 aromatic carbocycles. The number of carbonyl (C=O) groups excluding carboxylic acids is 2. The second kappa shape index (κ2) is 49.5. The van der Waals surface area contributed by atoms with E-state index < -0.39 is 6.10 Å². The van der Waals surface area contributed by atoms with Crippen LogP contribution in [-0.2, 0) is 19.1 Å². The minimum absolute atomic E-state index is 0.0685. The monoisotopic (exact) mass is 815 g/mol. The predicted molar refractivity (Wildman–Crippen MR) is 251 cm³/mol. The van der Waals surface area contributed by atoms with E-state index in [4.69, 9.17) is 9.47 Å². The standard InChI is InChI=1S/C53H98O5/c1-3-5-7-9-11-13-15-17-19-20-21-22-23-24-25-26-27-28-29-30-31-32-34-35-37-39-41-43-45-47-52(55)57-50-51(49-54)58-53(56)48-46-44-42-40-38-36-33-18-16-14-12-10-8-6-4-2/h12,14,18,20-21,33,51,54H,3-11,13,15-17,19,22-32,34-50H2,1-2H3/b14-12-,21-20-,33-18-. The predicted octanol–water partition coefficient (Wildman–Crippen LogP) is 16.7. The third-order valence-corrected chi connectivity index (χ3v) is 11.4. The zero-order chi connectivity index (χ0) is 42.1. The molecule has 5 nitrogen and oxygen atoms in total. The van der Waals surface area contributed by atoms with E-state index in [1.54, 1.807) is 0 Å². The Balaban J connectivity index is 3.44. The first-order chi connectivity index (χ1) is 28.6. The van der Waals surface area contributed by atoms with Gasteiger partial charge in [0.25, 0.3) is 0 Å². The average molecular weight is 815 g/mol. The highest BCUT2D eigenvalue weighted by atomic mass is 16.6. The highest BCUT2D eigenvalue weighted by molar-refractivity contribution is 5.70. The molecular weight excluding hydrogens is 717 g/mol. The van der Waals surface area contributed by atoms with Crippen molar-refractivity contribution in [3.05, 3.63) is 36.5 Å². The van der Waals surface area contributed by atoms with E-state index in [0.717, 1.165) is 51.4 Å². The maximum Gasteiger partial charge on any atom is 0.306 e. The summed E-state index contributed by atoms with van der Waals surface area (Å²) in [6.45, 7) is 4.13. The molecule has 5 heteroatoms. The smallest absolute Gasteiger partial charge is 0.306 e. The first-order valence-corrected chi connectivity index (χ1v) is 25.5. The fraction of sp³-hybridized carbons (Fsp3) is 0.849. The van der Waals surface area contributed by atoms with Gasteiger partial charge in [-0.2, -0.15) is 0 Å². The average Bonchev–Trinajstić information content (AvgIpc) is 3.23. The van der Waals surface area contributed by atoms with Gasteiger partial charge in [-0.15, -0.1) is 0 Å². The molecule has 1 atom stereocenters. The number of aliphatic hydroxyl groups excluding tert-OH is 1. The summed E-state index contributed by atoms with van der Waals surface area (Å²) < 4.78 is 10.7. The van der Waals surface area contributed by atoms with E-state index in [1.165, 1.54) is 193 Å². The lowest BCUT2D eigenvalue weighted by Gasteiger charge is -2.15. The van der Waals surface area contributed by atoms with Crippen molar-refractivity contribution in [3.8, 4) is 0 Å². The molecule has 0 bridgehead atoms. The summed E-state index contributed by atoms with van der Waals surface area (Å²) in [4.78, 5) is 24.4. The van der Waals surface area contributed by atoms with Crippen LogP contribution in [0.25, 0.3) is 0 Å². The van der Waals surface area contributed by atoms with E-state index in [-0.39, 0.29) is 25.2 Å². The van der Waals surface area contributed by atoms with Gasteiger partial charge in [-0.05, 0) is 70.6 Å². The zero-order valence-corrected chi connectivity index (χ0v) is 38.8. The van der Waals surface area contributed by atoms with Crippen LogP contribution in [0.15, 0.2) is 36.5 Å². The number of rotatable bonds is 47. The van der Waals surface area contributed by atoms with Gasteiger partial charge in [0, 0.05) is 12.8 Å². The SMILES string of the molecule is CCCCC/C=C\C/C=C\CCCCCCCC(=O)OC(CO)COC(=O)CCCCCCCCCCCCCCCCCCC/C=C\CCCCCCCCCC. The second-order valence-electron chi connectivity index (χ2n) is 17.2. The van der Waals surface area contributed by atoms with Crippen LogP contribution in [0.5, 0.6) is 0 Å².